The molecule has 0 bridgehead atoms. The van der Waals surface area contributed by atoms with Crippen molar-refractivity contribution in [1.82, 2.24) is 9.80 Å². The number of hydrogen-bond acceptors (Lipinski definition) is 3. The average Bonchev–Trinajstić information content (AvgIpc) is 2.29. The lowest BCUT2D eigenvalue weighted by molar-refractivity contribution is -0.162. The van der Waals surface area contributed by atoms with E-state index in [1.807, 2.05) is 11.8 Å². The number of nitrogens with zero attached hydrogens (tertiary/aromatic N) is 3. The molecule has 1 fully saturated rings. The van der Waals surface area contributed by atoms with Gasteiger partial charge in [-0.15, -0.1) is 0 Å². The molecular formula is C11H16F3N3O. The molecule has 1 rings (SSSR count). The molecule has 1 atom stereocenters. The van der Waals surface area contributed by atoms with Crippen LogP contribution >= 0.6 is 0 Å². The third kappa shape index (κ3) is 4.18. The summed E-state index contributed by atoms with van der Waals surface area (Å²) >= 11 is 0. The highest BCUT2D eigenvalue weighted by Gasteiger charge is 2.34. The van der Waals surface area contributed by atoms with Gasteiger partial charge < -0.3 is 4.90 Å². The number of rotatable bonds is 3. The Bertz CT molecular complexity index is 329. The summed E-state index contributed by atoms with van der Waals surface area (Å²) in [5, 5.41) is 8.89. The number of piperazine rings is 1. The summed E-state index contributed by atoms with van der Waals surface area (Å²) in [6.07, 6.45) is -5.18. The number of alkyl halides is 3. The Labute approximate surface area is 104 Å². The van der Waals surface area contributed by atoms with Crippen LogP contribution in [-0.2, 0) is 4.79 Å². The minimum atomic E-state index is -4.45. The first kappa shape index (κ1) is 14.8. The summed E-state index contributed by atoms with van der Waals surface area (Å²) in [7, 11) is 0. The third-order valence-electron chi connectivity index (χ3n) is 3.00. The summed E-state index contributed by atoms with van der Waals surface area (Å²) in [6, 6.07) is 1.93. The van der Waals surface area contributed by atoms with Crippen LogP contribution in [0.15, 0.2) is 0 Å². The standard InChI is InChI=1S/C11H16F3N3O/c1-2-9(8-15)16-3-5-17(6-4-16)10(18)7-11(12,13)14/h9H,2-7H2,1H3. The molecule has 0 saturated carbocycles. The summed E-state index contributed by atoms with van der Waals surface area (Å²) in [4.78, 5) is 14.5. The van der Waals surface area contributed by atoms with Crippen LogP contribution in [0.2, 0.25) is 0 Å². The summed E-state index contributed by atoms with van der Waals surface area (Å²) in [5.74, 6) is -0.882. The largest absolute Gasteiger partial charge is 0.397 e. The second-order valence-corrected chi connectivity index (χ2v) is 4.26. The molecule has 0 aromatic carbocycles. The van der Waals surface area contributed by atoms with Gasteiger partial charge in [-0.25, -0.2) is 0 Å². The molecule has 102 valence electrons. The Morgan fingerprint density at radius 3 is 2.28 bits per heavy atom. The van der Waals surface area contributed by atoms with Gasteiger partial charge in [0.25, 0.3) is 0 Å². The Kier molecular flexibility index (Phi) is 4.96. The van der Waals surface area contributed by atoms with Crippen LogP contribution in [-0.4, -0.2) is 54.1 Å². The topological polar surface area (TPSA) is 47.3 Å². The highest BCUT2D eigenvalue weighted by molar-refractivity contribution is 5.76. The van der Waals surface area contributed by atoms with Gasteiger partial charge in [-0.2, -0.15) is 18.4 Å². The predicted octanol–water partition coefficient (Wildman–Crippen LogP) is 1.39. The van der Waals surface area contributed by atoms with Gasteiger partial charge in [0.05, 0.1) is 12.1 Å². The normalized spacial score (nSPS) is 19.4. The molecule has 1 unspecified atom stereocenters. The van der Waals surface area contributed by atoms with Crippen LogP contribution in [0.4, 0.5) is 13.2 Å². The lowest BCUT2D eigenvalue weighted by atomic mass is 10.2. The van der Waals surface area contributed by atoms with Crippen LogP contribution < -0.4 is 0 Å². The average molecular weight is 263 g/mol. The molecule has 1 amide bonds. The minimum absolute atomic E-state index is 0.218. The molecule has 1 aliphatic rings. The quantitative estimate of drug-likeness (QED) is 0.773. The fraction of sp³-hybridized carbons (Fsp3) is 0.818. The summed E-state index contributed by atoms with van der Waals surface area (Å²) < 4.78 is 36.2. The van der Waals surface area contributed by atoms with E-state index < -0.39 is 18.5 Å². The van der Waals surface area contributed by atoms with Gasteiger partial charge in [-0.3, -0.25) is 9.69 Å². The molecule has 1 saturated heterocycles. The molecule has 1 aliphatic heterocycles. The maximum atomic E-state index is 12.1. The van der Waals surface area contributed by atoms with Gasteiger partial charge in [0, 0.05) is 26.2 Å². The van der Waals surface area contributed by atoms with Crippen LogP contribution in [0.25, 0.3) is 0 Å². The Morgan fingerprint density at radius 1 is 1.33 bits per heavy atom. The second-order valence-electron chi connectivity index (χ2n) is 4.26. The summed E-state index contributed by atoms with van der Waals surface area (Å²) in [5.41, 5.74) is 0. The maximum Gasteiger partial charge on any atom is 0.397 e. The smallest absolute Gasteiger partial charge is 0.340 e. The zero-order valence-electron chi connectivity index (χ0n) is 10.2. The van der Waals surface area contributed by atoms with Crippen molar-refractivity contribution in [2.75, 3.05) is 26.2 Å². The van der Waals surface area contributed by atoms with Crippen molar-refractivity contribution in [2.45, 2.75) is 32.0 Å². The summed E-state index contributed by atoms with van der Waals surface area (Å²) in [6.45, 7) is 3.31. The van der Waals surface area contributed by atoms with E-state index in [0.717, 1.165) is 0 Å². The van der Waals surface area contributed by atoms with Crippen LogP contribution in [0.1, 0.15) is 19.8 Å². The Balaban J connectivity index is 2.45. The molecule has 0 aromatic rings. The highest BCUT2D eigenvalue weighted by atomic mass is 19.4. The molecule has 1 heterocycles. The van der Waals surface area contributed by atoms with E-state index in [9.17, 15) is 18.0 Å². The fourth-order valence-corrected chi connectivity index (χ4v) is 2.00. The Morgan fingerprint density at radius 2 is 1.89 bits per heavy atom. The highest BCUT2D eigenvalue weighted by Crippen LogP contribution is 2.21. The number of hydrogen-bond donors (Lipinski definition) is 0. The molecule has 18 heavy (non-hydrogen) atoms. The first-order valence-corrected chi connectivity index (χ1v) is 5.85. The number of carbonyl (C=O) groups excluding carboxylic acids is 1. The molecule has 0 aromatic heterocycles. The zero-order valence-corrected chi connectivity index (χ0v) is 10.2. The SMILES string of the molecule is CCC(C#N)N1CCN(C(=O)CC(F)(F)F)CC1. The number of halogens is 3. The monoisotopic (exact) mass is 263 g/mol. The van der Waals surface area contributed by atoms with E-state index >= 15 is 0 Å². The molecule has 0 radical (unpaired) electrons. The first-order chi connectivity index (χ1) is 8.37. The predicted molar refractivity (Wildman–Crippen MR) is 58.5 cm³/mol. The van der Waals surface area contributed by atoms with Gasteiger partial charge in [-0.1, -0.05) is 6.92 Å². The molecule has 0 spiro atoms. The van der Waals surface area contributed by atoms with Crippen molar-refractivity contribution in [1.29, 1.82) is 5.26 Å². The molecule has 7 heteroatoms. The van der Waals surface area contributed by atoms with Crippen LogP contribution in [0, 0.1) is 11.3 Å². The number of nitriles is 1. The Hall–Kier alpha value is -1.29. The van der Waals surface area contributed by atoms with Gasteiger partial charge in [0.2, 0.25) is 5.91 Å². The molecule has 0 N–H and O–H groups in total. The van der Waals surface area contributed by atoms with E-state index in [1.165, 1.54) is 4.90 Å². The van der Waals surface area contributed by atoms with E-state index in [1.54, 1.807) is 0 Å². The van der Waals surface area contributed by atoms with Crippen LogP contribution in [0.5, 0.6) is 0 Å². The van der Waals surface area contributed by atoms with Crippen molar-refractivity contribution in [3.8, 4) is 6.07 Å². The van der Waals surface area contributed by atoms with Gasteiger partial charge >= 0.3 is 6.18 Å². The van der Waals surface area contributed by atoms with Gasteiger partial charge in [-0.05, 0) is 6.42 Å². The fourth-order valence-electron chi connectivity index (χ4n) is 2.00. The van der Waals surface area contributed by atoms with E-state index in [4.69, 9.17) is 5.26 Å². The maximum absolute atomic E-state index is 12.1. The van der Waals surface area contributed by atoms with E-state index in [2.05, 4.69) is 6.07 Å². The van der Waals surface area contributed by atoms with Crippen LogP contribution in [0.3, 0.4) is 0 Å². The van der Waals surface area contributed by atoms with Gasteiger partial charge in [0.1, 0.15) is 6.42 Å². The van der Waals surface area contributed by atoms with E-state index in [-0.39, 0.29) is 19.1 Å². The van der Waals surface area contributed by atoms with Crippen molar-refractivity contribution < 1.29 is 18.0 Å². The van der Waals surface area contributed by atoms with E-state index in [0.29, 0.717) is 19.5 Å². The van der Waals surface area contributed by atoms with Crippen molar-refractivity contribution in [3.05, 3.63) is 0 Å². The van der Waals surface area contributed by atoms with Gasteiger partial charge in [0.15, 0.2) is 0 Å². The minimum Gasteiger partial charge on any atom is -0.340 e. The number of carbonyl (C=O) groups is 1. The van der Waals surface area contributed by atoms with Crippen molar-refractivity contribution in [2.24, 2.45) is 0 Å². The number of amides is 1. The zero-order chi connectivity index (χ0) is 13.8. The van der Waals surface area contributed by atoms with Crippen molar-refractivity contribution in [3.63, 3.8) is 0 Å². The lowest BCUT2D eigenvalue weighted by Gasteiger charge is -2.36. The second kappa shape index (κ2) is 6.05. The lowest BCUT2D eigenvalue weighted by Crippen LogP contribution is -2.52. The first-order valence-electron chi connectivity index (χ1n) is 5.85. The third-order valence-corrected chi connectivity index (χ3v) is 3.00. The molecule has 4 nitrogen and oxygen atoms in total. The van der Waals surface area contributed by atoms with Crippen molar-refractivity contribution >= 4 is 5.91 Å². The molecule has 0 aliphatic carbocycles. The molecular weight excluding hydrogens is 247 g/mol.